The summed E-state index contributed by atoms with van der Waals surface area (Å²) in [6, 6.07) is 2.55. The van der Waals surface area contributed by atoms with E-state index >= 15 is 0 Å². The van der Waals surface area contributed by atoms with Gasteiger partial charge >= 0.3 is 0 Å². The van der Waals surface area contributed by atoms with E-state index in [9.17, 15) is 14.9 Å². The Morgan fingerprint density at radius 2 is 2.19 bits per heavy atom. The molecule has 1 aromatic carbocycles. The molecule has 16 heavy (non-hydrogen) atoms. The molecular formula is C9H9BrN2O4. The van der Waals surface area contributed by atoms with Gasteiger partial charge in [0.05, 0.1) is 22.2 Å². The van der Waals surface area contributed by atoms with Gasteiger partial charge in [0.15, 0.2) is 5.75 Å². The monoisotopic (exact) mass is 288 g/mol. The molecule has 0 aliphatic carbocycles. The number of hydrogen-bond donors (Lipinski definition) is 1. The van der Waals surface area contributed by atoms with Crippen LogP contribution in [-0.4, -0.2) is 17.9 Å². The average molecular weight is 289 g/mol. The van der Waals surface area contributed by atoms with E-state index in [0.29, 0.717) is 10.2 Å². The van der Waals surface area contributed by atoms with E-state index in [-0.39, 0.29) is 17.3 Å². The van der Waals surface area contributed by atoms with Crippen molar-refractivity contribution in [2.24, 2.45) is 0 Å². The molecule has 0 saturated carbocycles. The fourth-order valence-corrected chi connectivity index (χ4v) is 1.78. The topological polar surface area (TPSA) is 81.5 Å². The van der Waals surface area contributed by atoms with Gasteiger partial charge in [0.2, 0.25) is 5.91 Å². The highest BCUT2D eigenvalue weighted by Crippen LogP contribution is 2.37. The minimum atomic E-state index is -0.546. The van der Waals surface area contributed by atoms with Gasteiger partial charge < -0.3 is 10.1 Å². The molecule has 0 atom stereocenters. The Kier molecular flexibility index (Phi) is 3.83. The third-order valence-corrected chi connectivity index (χ3v) is 2.34. The molecule has 1 N–H and O–H groups in total. The van der Waals surface area contributed by atoms with Crippen molar-refractivity contribution in [1.29, 1.82) is 0 Å². The largest absolute Gasteiger partial charge is 0.493 e. The van der Waals surface area contributed by atoms with Gasteiger partial charge in [0, 0.05) is 19.1 Å². The molecule has 0 unspecified atom stereocenters. The van der Waals surface area contributed by atoms with Crippen molar-refractivity contribution in [3.05, 3.63) is 26.7 Å². The lowest BCUT2D eigenvalue weighted by atomic mass is 10.2. The summed E-state index contributed by atoms with van der Waals surface area (Å²) < 4.78 is 5.44. The lowest BCUT2D eigenvalue weighted by molar-refractivity contribution is -0.384. The van der Waals surface area contributed by atoms with Crippen LogP contribution in [0.4, 0.5) is 11.4 Å². The van der Waals surface area contributed by atoms with Crippen LogP contribution >= 0.6 is 15.9 Å². The number of ether oxygens (including phenoxy) is 1. The maximum absolute atomic E-state index is 10.9. The maximum Gasteiger partial charge on any atom is 0.272 e. The third-order valence-electron chi connectivity index (χ3n) is 1.75. The summed E-state index contributed by atoms with van der Waals surface area (Å²) >= 11 is 3.14. The predicted molar refractivity (Wildman–Crippen MR) is 61.7 cm³/mol. The lowest BCUT2D eigenvalue weighted by Crippen LogP contribution is -2.08. The number of benzene rings is 1. The van der Waals surface area contributed by atoms with Crippen molar-refractivity contribution in [2.75, 3.05) is 12.4 Å². The SMILES string of the molecule is COc1c(Br)cc([N+](=O)[O-])cc1NC(C)=O. The molecule has 1 rings (SSSR count). The quantitative estimate of drug-likeness (QED) is 0.684. The van der Waals surface area contributed by atoms with Crippen LogP contribution in [0.15, 0.2) is 16.6 Å². The molecule has 0 aliphatic heterocycles. The number of halogens is 1. The van der Waals surface area contributed by atoms with E-state index in [1.807, 2.05) is 0 Å². The summed E-state index contributed by atoms with van der Waals surface area (Å²) in [5, 5.41) is 13.1. The Labute approximate surface area is 99.9 Å². The molecular weight excluding hydrogens is 280 g/mol. The minimum Gasteiger partial charge on any atom is -0.493 e. The summed E-state index contributed by atoms with van der Waals surface area (Å²) in [5.41, 5.74) is 0.132. The van der Waals surface area contributed by atoms with E-state index in [2.05, 4.69) is 21.2 Å². The summed E-state index contributed by atoms with van der Waals surface area (Å²) in [6.45, 7) is 1.31. The maximum atomic E-state index is 10.9. The smallest absolute Gasteiger partial charge is 0.272 e. The molecule has 0 fully saturated rings. The van der Waals surface area contributed by atoms with Crippen molar-refractivity contribution in [1.82, 2.24) is 0 Å². The van der Waals surface area contributed by atoms with Gasteiger partial charge in [-0.3, -0.25) is 14.9 Å². The summed E-state index contributed by atoms with van der Waals surface area (Å²) in [4.78, 5) is 21.0. The van der Waals surface area contributed by atoms with Gasteiger partial charge in [0.1, 0.15) is 0 Å². The van der Waals surface area contributed by atoms with Crippen LogP contribution in [0.25, 0.3) is 0 Å². The number of hydrogen-bond acceptors (Lipinski definition) is 4. The zero-order valence-electron chi connectivity index (χ0n) is 8.61. The molecule has 0 bridgehead atoms. The second-order valence-electron chi connectivity index (χ2n) is 2.95. The van der Waals surface area contributed by atoms with Crippen LogP contribution in [0, 0.1) is 10.1 Å². The van der Waals surface area contributed by atoms with E-state index in [0.717, 1.165) is 0 Å². The number of nitrogens with one attached hydrogen (secondary N) is 1. The molecule has 0 heterocycles. The van der Waals surface area contributed by atoms with Crippen LogP contribution in [-0.2, 0) is 4.79 Å². The minimum absolute atomic E-state index is 0.128. The number of carbonyl (C=O) groups excluding carboxylic acids is 1. The summed E-state index contributed by atoms with van der Waals surface area (Å²) in [5.74, 6) is 0.0199. The summed E-state index contributed by atoms with van der Waals surface area (Å²) in [6.07, 6.45) is 0. The van der Waals surface area contributed by atoms with Crippen LogP contribution in [0.1, 0.15) is 6.92 Å². The highest BCUT2D eigenvalue weighted by molar-refractivity contribution is 9.10. The molecule has 7 heteroatoms. The number of nitrogens with zero attached hydrogens (tertiary/aromatic N) is 1. The summed E-state index contributed by atoms with van der Waals surface area (Å²) in [7, 11) is 1.41. The number of anilines is 1. The van der Waals surface area contributed by atoms with Gasteiger partial charge in [-0.15, -0.1) is 0 Å². The molecule has 0 radical (unpaired) electrons. The molecule has 1 aromatic rings. The number of carbonyl (C=O) groups is 1. The number of rotatable bonds is 3. The molecule has 86 valence electrons. The molecule has 0 aromatic heterocycles. The number of methoxy groups -OCH3 is 1. The highest BCUT2D eigenvalue weighted by Gasteiger charge is 2.16. The Hall–Kier alpha value is -1.63. The van der Waals surface area contributed by atoms with Gasteiger partial charge in [0.25, 0.3) is 5.69 Å². The highest BCUT2D eigenvalue weighted by atomic mass is 79.9. The fourth-order valence-electron chi connectivity index (χ4n) is 1.17. The average Bonchev–Trinajstić information content (AvgIpc) is 2.16. The van der Waals surface area contributed by atoms with Gasteiger partial charge in [-0.1, -0.05) is 0 Å². The molecule has 0 saturated heterocycles. The third kappa shape index (κ3) is 2.69. The fraction of sp³-hybridized carbons (Fsp3) is 0.222. The molecule has 0 aliphatic rings. The Morgan fingerprint density at radius 1 is 1.56 bits per heavy atom. The second kappa shape index (κ2) is 4.93. The number of non-ortho nitro benzene ring substituents is 1. The first kappa shape index (κ1) is 12.4. The van der Waals surface area contributed by atoms with Gasteiger partial charge in [-0.2, -0.15) is 0 Å². The standard InChI is InChI=1S/C9H9BrN2O4/c1-5(13)11-8-4-6(12(14)15)3-7(10)9(8)16-2/h3-4H,1-2H3,(H,11,13). The lowest BCUT2D eigenvalue weighted by Gasteiger charge is -2.10. The first-order valence-corrected chi connectivity index (χ1v) is 5.04. The molecule has 6 nitrogen and oxygen atoms in total. The first-order chi connectivity index (χ1) is 7.45. The Balaban J connectivity index is 3.30. The van der Waals surface area contributed by atoms with E-state index in [4.69, 9.17) is 4.74 Å². The van der Waals surface area contributed by atoms with Crippen LogP contribution < -0.4 is 10.1 Å². The number of nitro benzene ring substituents is 1. The van der Waals surface area contributed by atoms with E-state index < -0.39 is 4.92 Å². The zero-order valence-corrected chi connectivity index (χ0v) is 10.2. The van der Waals surface area contributed by atoms with Crippen molar-refractivity contribution in [3.8, 4) is 5.75 Å². The normalized spacial score (nSPS) is 9.69. The van der Waals surface area contributed by atoms with Crippen molar-refractivity contribution >= 4 is 33.2 Å². The predicted octanol–water partition coefficient (Wildman–Crippen LogP) is 2.32. The Bertz CT molecular complexity index is 447. The van der Waals surface area contributed by atoms with Crippen LogP contribution in [0.5, 0.6) is 5.75 Å². The second-order valence-corrected chi connectivity index (χ2v) is 3.80. The number of nitro groups is 1. The van der Waals surface area contributed by atoms with E-state index in [1.165, 1.54) is 26.2 Å². The number of amides is 1. The molecule has 1 amide bonds. The van der Waals surface area contributed by atoms with Crippen LogP contribution in [0.3, 0.4) is 0 Å². The van der Waals surface area contributed by atoms with Gasteiger partial charge in [-0.05, 0) is 15.9 Å². The Morgan fingerprint density at radius 3 is 2.62 bits per heavy atom. The zero-order chi connectivity index (χ0) is 12.3. The van der Waals surface area contributed by atoms with Crippen molar-refractivity contribution < 1.29 is 14.5 Å². The van der Waals surface area contributed by atoms with Crippen molar-refractivity contribution in [3.63, 3.8) is 0 Å². The molecule has 0 spiro atoms. The first-order valence-electron chi connectivity index (χ1n) is 4.25. The van der Waals surface area contributed by atoms with E-state index in [1.54, 1.807) is 0 Å². The van der Waals surface area contributed by atoms with Crippen molar-refractivity contribution in [2.45, 2.75) is 6.92 Å². The van der Waals surface area contributed by atoms with Gasteiger partial charge in [-0.25, -0.2) is 0 Å². The van der Waals surface area contributed by atoms with Crippen LogP contribution in [0.2, 0.25) is 0 Å².